The van der Waals surface area contributed by atoms with Crippen molar-refractivity contribution >= 4 is 44.4 Å². The third-order valence-corrected chi connectivity index (χ3v) is 7.94. The van der Waals surface area contributed by atoms with E-state index in [1.54, 1.807) is 17.0 Å². The van der Waals surface area contributed by atoms with Gasteiger partial charge in [0.1, 0.15) is 17.8 Å². The van der Waals surface area contributed by atoms with Gasteiger partial charge in [-0.05, 0) is 50.1 Å². The first-order chi connectivity index (χ1) is 17.7. The Labute approximate surface area is 220 Å². The number of thioether (sulfide) groups is 1. The van der Waals surface area contributed by atoms with Gasteiger partial charge in [0.25, 0.3) is 0 Å². The second-order valence-corrected chi connectivity index (χ2v) is 11.2. The largest absolute Gasteiger partial charge is 0.492 e. The third-order valence-electron chi connectivity index (χ3n) is 6.06. The van der Waals surface area contributed by atoms with E-state index in [9.17, 15) is 13.2 Å². The Balaban J connectivity index is 1.42. The Morgan fingerprint density at radius 1 is 1.22 bits per heavy atom. The van der Waals surface area contributed by atoms with E-state index < -0.39 is 10.0 Å². The summed E-state index contributed by atoms with van der Waals surface area (Å²) in [5.41, 5.74) is 7.89. The molecule has 1 amide bonds. The Bertz CT molecular complexity index is 1280. The molecular weight excluding hydrogens is 514 g/mol. The summed E-state index contributed by atoms with van der Waals surface area (Å²) < 4.78 is 28.6. The molecule has 0 radical (unpaired) electrons. The summed E-state index contributed by atoms with van der Waals surface area (Å²) in [5.74, 6) is 0.790. The van der Waals surface area contributed by atoms with Crippen LogP contribution in [0.2, 0.25) is 0 Å². The van der Waals surface area contributed by atoms with Crippen LogP contribution in [0.4, 0.5) is 5.69 Å². The SMILES string of the molecule is CCOc1ccccc1N1C(=N)C2C(C)NNC2N=C1SCC(=O)NCCc1ccc(S(N)(=O)=O)cc1. The minimum Gasteiger partial charge on any atom is -0.492 e. The fourth-order valence-corrected chi connectivity index (χ4v) is 5.62. The molecule has 2 aromatic carbocycles. The number of hydrogen-bond acceptors (Lipinski definition) is 9. The molecule has 37 heavy (non-hydrogen) atoms. The number of nitrogens with two attached hydrogens (primary N) is 1. The van der Waals surface area contributed by atoms with Crippen molar-refractivity contribution in [1.82, 2.24) is 16.2 Å². The van der Waals surface area contributed by atoms with Crippen LogP contribution in [0.15, 0.2) is 58.4 Å². The van der Waals surface area contributed by atoms with E-state index in [-0.39, 0.29) is 34.7 Å². The molecule has 6 N–H and O–H groups in total. The molecule has 2 heterocycles. The molecule has 1 saturated heterocycles. The van der Waals surface area contributed by atoms with Crippen molar-refractivity contribution in [3.63, 3.8) is 0 Å². The molecule has 0 aliphatic carbocycles. The van der Waals surface area contributed by atoms with Gasteiger partial charge in [-0.3, -0.25) is 20.5 Å². The van der Waals surface area contributed by atoms with Crippen molar-refractivity contribution in [2.45, 2.75) is 37.4 Å². The topological polar surface area (TPSA) is 162 Å². The molecule has 3 atom stereocenters. The van der Waals surface area contributed by atoms with Gasteiger partial charge in [0.05, 0.1) is 28.9 Å². The lowest BCUT2D eigenvalue weighted by atomic mass is 9.97. The molecule has 198 valence electrons. The van der Waals surface area contributed by atoms with Crippen LogP contribution in [0.25, 0.3) is 0 Å². The average molecular weight is 546 g/mol. The van der Waals surface area contributed by atoms with Crippen molar-refractivity contribution in [2.24, 2.45) is 16.0 Å². The summed E-state index contributed by atoms with van der Waals surface area (Å²) in [7, 11) is -3.73. The standard InChI is InChI=1S/C24H31N7O4S2/c1-3-35-19-7-5-4-6-18(19)31-22(25)21-15(2)29-30-23(21)28-24(31)36-14-20(32)27-13-12-16-8-10-17(11-9-16)37(26,33)34/h4-11,15,21,23,25,29-30H,3,12-14H2,1-2H3,(H,27,32)(H2,26,33,34). The summed E-state index contributed by atoms with van der Waals surface area (Å²) >= 11 is 1.26. The number of nitrogens with one attached hydrogen (secondary N) is 4. The second kappa shape index (κ2) is 11.6. The molecule has 0 saturated carbocycles. The maximum absolute atomic E-state index is 12.6. The van der Waals surface area contributed by atoms with Crippen LogP contribution in [0.1, 0.15) is 19.4 Å². The number of aliphatic imine (C=N–C) groups is 1. The van der Waals surface area contributed by atoms with Crippen LogP contribution in [0.3, 0.4) is 0 Å². The number of carbonyl (C=O) groups excluding carboxylic acids is 1. The number of rotatable bonds is 9. The van der Waals surface area contributed by atoms with Crippen LogP contribution in [0, 0.1) is 11.3 Å². The molecule has 13 heteroatoms. The monoisotopic (exact) mass is 545 g/mol. The van der Waals surface area contributed by atoms with E-state index >= 15 is 0 Å². The van der Waals surface area contributed by atoms with Crippen molar-refractivity contribution in [3.05, 3.63) is 54.1 Å². The van der Waals surface area contributed by atoms with Crippen LogP contribution in [-0.4, -0.2) is 56.4 Å². The first-order valence-electron chi connectivity index (χ1n) is 11.9. The van der Waals surface area contributed by atoms with E-state index in [2.05, 4.69) is 16.2 Å². The van der Waals surface area contributed by atoms with Gasteiger partial charge >= 0.3 is 0 Å². The zero-order valence-electron chi connectivity index (χ0n) is 20.6. The number of fused-ring (bicyclic) bond motifs is 1. The molecule has 2 aliphatic rings. The highest BCUT2D eigenvalue weighted by Crippen LogP contribution is 2.36. The van der Waals surface area contributed by atoms with Gasteiger partial charge in [-0.2, -0.15) is 0 Å². The summed E-state index contributed by atoms with van der Waals surface area (Å²) in [6, 6.07) is 13.8. The number of amides is 1. The van der Waals surface area contributed by atoms with E-state index in [0.717, 1.165) is 5.56 Å². The number of benzene rings is 2. The van der Waals surface area contributed by atoms with Gasteiger partial charge in [0.15, 0.2) is 5.17 Å². The number of sulfonamides is 1. The van der Waals surface area contributed by atoms with Gasteiger partial charge in [-0.15, -0.1) is 0 Å². The smallest absolute Gasteiger partial charge is 0.238 e. The van der Waals surface area contributed by atoms with Crippen molar-refractivity contribution < 1.29 is 17.9 Å². The van der Waals surface area contributed by atoms with Crippen LogP contribution in [0.5, 0.6) is 5.75 Å². The number of hydrogen-bond donors (Lipinski definition) is 5. The van der Waals surface area contributed by atoms with E-state index in [0.29, 0.717) is 42.0 Å². The van der Waals surface area contributed by atoms with Gasteiger partial charge in [-0.1, -0.05) is 36.0 Å². The number of anilines is 1. The zero-order valence-corrected chi connectivity index (χ0v) is 22.2. The van der Waals surface area contributed by atoms with Crippen molar-refractivity contribution in [3.8, 4) is 5.75 Å². The molecule has 0 spiro atoms. The summed E-state index contributed by atoms with van der Waals surface area (Å²) in [5, 5.41) is 17.5. The first kappa shape index (κ1) is 27.1. The van der Waals surface area contributed by atoms with Gasteiger partial charge < -0.3 is 10.1 Å². The molecule has 0 aromatic heterocycles. The average Bonchev–Trinajstić information content (AvgIpc) is 3.24. The number of ether oxygens (including phenoxy) is 1. The fourth-order valence-electron chi connectivity index (χ4n) is 4.22. The Kier molecular flexibility index (Phi) is 8.49. The maximum Gasteiger partial charge on any atom is 0.238 e. The number of hydrazine groups is 1. The van der Waals surface area contributed by atoms with Crippen LogP contribution < -0.4 is 30.9 Å². The zero-order chi connectivity index (χ0) is 26.6. The van der Waals surface area contributed by atoms with Crippen molar-refractivity contribution in [1.29, 1.82) is 5.41 Å². The summed E-state index contributed by atoms with van der Waals surface area (Å²) in [6.45, 7) is 4.78. The summed E-state index contributed by atoms with van der Waals surface area (Å²) in [4.78, 5) is 19.3. The highest BCUT2D eigenvalue weighted by Gasteiger charge is 2.44. The first-order valence-corrected chi connectivity index (χ1v) is 14.4. The van der Waals surface area contributed by atoms with Crippen LogP contribution in [-0.2, 0) is 21.2 Å². The van der Waals surface area contributed by atoms with Crippen LogP contribution >= 0.6 is 11.8 Å². The predicted molar refractivity (Wildman–Crippen MR) is 145 cm³/mol. The summed E-state index contributed by atoms with van der Waals surface area (Å²) in [6.07, 6.45) is 0.238. The lowest BCUT2D eigenvalue weighted by Crippen LogP contribution is -2.50. The molecule has 11 nitrogen and oxygen atoms in total. The highest BCUT2D eigenvalue weighted by atomic mass is 32.2. The Hall–Kier alpha value is -2.97. The van der Waals surface area contributed by atoms with E-state index in [1.165, 1.54) is 23.9 Å². The Morgan fingerprint density at radius 2 is 1.95 bits per heavy atom. The van der Waals surface area contributed by atoms with Gasteiger partial charge in [0.2, 0.25) is 15.9 Å². The Morgan fingerprint density at radius 3 is 2.65 bits per heavy atom. The lowest BCUT2D eigenvalue weighted by Gasteiger charge is -2.36. The van der Waals surface area contributed by atoms with Crippen molar-refractivity contribution in [2.75, 3.05) is 23.8 Å². The van der Waals surface area contributed by atoms with E-state index in [4.69, 9.17) is 20.3 Å². The highest BCUT2D eigenvalue weighted by molar-refractivity contribution is 8.14. The third kappa shape index (κ3) is 6.30. The quantitative estimate of drug-likeness (QED) is 0.316. The molecular formula is C24H31N7O4S2. The predicted octanol–water partition coefficient (Wildman–Crippen LogP) is 1.42. The number of primary sulfonamides is 1. The van der Waals surface area contributed by atoms with E-state index in [1.807, 2.05) is 38.1 Å². The molecule has 3 unspecified atom stereocenters. The van der Waals surface area contributed by atoms with Gasteiger partial charge in [-0.25, -0.2) is 24.0 Å². The fraction of sp³-hybridized carbons (Fsp3) is 0.375. The molecule has 4 rings (SSSR count). The molecule has 2 aliphatic heterocycles. The second-order valence-electron chi connectivity index (χ2n) is 8.66. The molecule has 0 bridgehead atoms. The maximum atomic E-state index is 12.6. The molecule has 1 fully saturated rings. The minimum atomic E-state index is -3.73. The van der Waals surface area contributed by atoms with Gasteiger partial charge in [0, 0.05) is 12.6 Å². The number of nitrogens with zero attached hydrogens (tertiary/aromatic N) is 2. The number of amidine groups is 2. The number of para-hydroxylation sites is 2. The molecule has 2 aromatic rings. The number of carbonyl (C=O) groups is 1. The normalized spacial score (nSPS) is 21.4. The lowest BCUT2D eigenvalue weighted by molar-refractivity contribution is -0.118. The minimum absolute atomic E-state index is 0.0110.